The Hall–Kier alpha value is -1.22. The second-order valence-electron chi connectivity index (χ2n) is 5.08. The van der Waals surface area contributed by atoms with Crippen molar-refractivity contribution < 1.29 is 55.5 Å². The third-order valence-corrected chi connectivity index (χ3v) is 3.28. The average Bonchev–Trinajstić information content (AvgIpc) is 2.60. The van der Waals surface area contributed by atoms with Gasteiger partial charge in [0.25, 0.3) is 5.91 Å². The molecule has 1 amide bonds. The van der Waals surface area contributed by atoms with E-state index in [-0.39, 0.29) is 6.29 Å². The van der Waals surface area contributed by atoms with Crippen molar-refractivity contribution >= 4 is 12.2 Å². The van der Waals surface area contributed by atoms with Gasteiger partial charge in [0.1, 0.15) is 49.0 Å². The van der Waals surface area contributed by atoms with Crippen molar-refractivity contribution in [2.75, 3.05) is 13.2 Å². The number of rotatable bonds is 11. The van der Waals surface area contributed by atoms with Gasteiger partial charge in [0.2, 0.25) is 0 Å². The van der Waals surface area contributed by atoms with Gasteiger partial charge in [-0.3, -0.25) is 4.79 Å². The highest BCUT2D eigenvalue weighted by molar-refractivity contribution is 5.84. The first-order valence-electron chi connectivity index (χ1n) is 6.86. The highest BCUT2D eigenvalue weighted by atomic mass is 16.4. The molecule has 0 saturated heterocycles. The van der Waals surface area contributed by atoms with E-state index in [0.717, 1.165) is 0 Å². The van der Waals surface area contributed by atoms with Crippen LogP contribution in [0.2, 0.25) is 0 Å². The molecule has 0 rings (SSSR count). The minimum absolute atomic E-state index is 0.0337. The van der Waals surface area contributed by atoms with Crippen molar-refractivity contribution in [3.05, 3.63) is 0 Å². The van der Waals surface area contributed by atoms with Crippen LogP contribution in [-0.4, -0.2) is 120 Å². The van der Waals surface area contributed by atoms with Crippen LogP contribution in [0.3, 0.4) is 0 Å². The molecule has 0 aliphatic rings. The molecule has 0 spiro atoms. The first kappa shape index (κ1) is 22.8. The molecule has 12 nitrogen and oxygen atoms in total. The Balaban J connectivity index is 4.89. The molecule has 0 radical (unpaired) electrons. The lowest BCUT2D eigenvalue weighted by Gasteiger charge is -2.29. The Bertz CT molecular complexity index is 395. The molecule has 0 aromatic heterocycles. The molecule has 0 aliphatic heterocycles. The van der Waals surface area contributed by atoms with Gasteiger partial charge in [0.05, 0.1) is 13.2 Å². The summed E-state index contributed by atoms with van der Waals surface area (Å²) in [7, 11) is 0. The molecule has 10 N–H and O–H groups in total. The molecule has 0 aromatic rings. The van der Waals surface area contributed by atoms with Crippen molar-refractivity contribution in [1.82, 2.24) is 5.32 Å². The van der Waals surface area contributed by atoms with E-state index in [0.29, 0.717) is 0 Å². The molecule has 24 heavy (non-hydrogen) atoms. The highest BCUT2D eigenvalue weighted by Crippen LogP contribution is 2.08. The molecule has 142 valence electrons. The molecule has 0 bridgehead atoms. The minimum atomic E-state index is -2.35. The molecule has 12 heteroatoms. The Kier molecular flexibility index (Phi) is 10.1. The number of hydrogen-bond donors (Lipinski definition) is 10. The molecule has 0 heterocycles. The summed E-state index contributed by atoms with van der Waals surface area (Å²) in [5.74, 6) is -1.45. The van der Waals surface area contributed by atoms with E-state index in [1.807, 2.05) is 0 Å². The maximum Gasteiger partial charge on any atom is 0.252 e. The Labute approximate surface area is 136 Å². The van der Waals surface area contributed by atoms with E-state index >= 15 is 0 Å². The summed E-state index contributed by atoms with van der Waals surface area (Å²) in [4.78, 5) is 22.6. The Morgan fingerprint density at radius 3 is 1.58 bits per heavy atom. The first-order valence-corrected chi connectivity index (χ1v) is 6.86. The molecular formula is C12H23NO11. The highest BCUT2D eigenvalue weighted by Gasteiger charge is 2.37. The molecule has 8 atom stereocenters. The minimum Gasteiger partial charge on any atom is -0.394 e. The molecule has 0 fully saturated rings. The molecule has 0 unspecified atom stereocenters. The van der Waals surface area contributed by atoms with Crippen molar-refractivity contribution in [2.45, 2.75) is 48.8 Å². The summed E-state index contributed by atoms with van der Waals surface area (Å²) >= 11 is 0. The van der Waals surface area contributed by atoms with Gasteiger partial charge in [-0.25, -0.2) is 0 Å². The van der Waals surface area contributed by atoms with Gasteiger partial charge >= 0.3 is 0 Å². The third kappa shape index (κ3) is 6.01. The summed E-state index contributed by atoms with van der Waals surface area (Å²) in [6, 6.07) is -1.82. The predicted molar refractivity (Wildman–Crippen MR) is 74.2 cm³/mol. The Morgan fingerprint density at radius 1 is 0.792 bits per heavy atom. The van der Waals surface area contributed by atoms with Gasteiger partial charge in [0, 0.05) is 0 Å². The quantitative estimate of drug-likeness (QED) is 0.156. The van der Waals surface area contributed by atoms with Crippen LogP contribution in [0, 0.1) is 0 Å². The first-order chi connectivity index (χ1) is 11.1. The number of aldehydes is 1. The fraction of sp³-hybridized carbons (Fsp3) is 0.833. The third-order valence-electron chi connectivity index (χ3n) is 3.28. The molecular weight excluding hydrogens is 334 g/mol. The Morgan fingerprint density at radius 2 is 1.21 bits per heavy atom. The van der Waals surface area contributed by atoms with Crippen molar-refractivity contribution in [3.63, 3.8) is 0 Å². The second kappa shape index (κ2) is 10.6. The summed E-state index contributed by atoms with van der Waals surface area (Å²) in [6.45, 7) is -1.90. The summed E-state index contributed by atoms with van der Waals surface area (Å²) < 4.78 is 0. The summed E-state index contributed by atoms with van der Waals surface area (Å²) in [5, 5.41) is 84.9. The predicted octanol–water partition coefficient (Wildman–Crippen LogP) is -6.82. The largest absolute Gasteiger partial charge is 0.394 e. The van der Waals surface area contributed by atoms with Gasteiger partial charge < -0.3 is 56.1 Å². The van der Waals surface area contributed by atoms with Crippen LogP contribution in [0.4, 0.5) is 0 Å². The van der Waals surface area contributed by atoms with Crippen LogP contribution in [0.15, 0.2) is 0 Å². The molecule has 0 aliphatic carbocycles. The van der Waals surface area contributed by atoms with Gasteiger partial charge in [0.15, 0.2) is 6.10 Å². The maximum absolute atomic E-state index is 11.7. The number of aliphatic hydroxyl groups excluding tert-OH is 9. The van der Waals surface area contributed by atoms with Crippen LogP contribution in [-0.2, 0) is 9.59 Å². The number of nitrogens with one attached hydrogen (secondary N) is 1. The van der Waals surface area contributed by atoms with Crippen LogP contribution < -0.4 is 5.32 Å². The van der Waals surface area contributed by atoms with Gasteiger partial charge in [-0.15, -0.1) is 0 Å². The van der Waals surface area contributed by atoms with Crippen LogP contribution >= 0.6 is 0 Å². The standard InChI is InChI=1S/C12H23NO11/c14-1-4(7(19)8(20)5(17)2-15)13-12(24)11(23)10(22)9(21)6(18)3-16/h1,4-11,15-23H,2-3H2,(H,13,24)/t4-,5+,6-,7-,8+,9-,10-,11-/m1/s1. The summed E-state index contributed by atoms with van der Waals surface area (Å²) in [5.41, 5.74) is 0. The zero-order valence-corrected chi connectivity index (χ0v) is 12.5. The monoisotopic (exact) mass is 357 g/mol. The number of amides is 1. The van der Waals surface area contributed by atoms with E-state index in [9.17, 15) is 40.2 Å². The van der Waals surface area contributed by atoms with Crippen LogP contribution in [0.5, 0.6) is 0 Å². The normalized spacial score (nSPS) is 21.7. The van der Waals surface area contributed by atoms with Gasteiger partial charge in [-0.1, -0.05) is 0 Å². The van der Waals surface area contributed by atoms with E-state index < -0.39 is 67.9 Å². The fourth-order valence-electron chi connectivity index (χ4n) is 1.68. The number of carbonyl (C=O) groups excluding carboxylic acids is 2. The lowest BCUT2D eigenvalue weighted by Crippen LogP contribution is -2.58. The lowest BCUT2D eigenvalue weighted by atomic mass is 10.00. The fourth-order valence-corrected chi connectivity index (χ4v) is 1.68. The van der Waals surface area contributed by atoms with Crippen molar-refractivity contribution in [1.29, 1.82) is 0 Å². The molecule has 0 saturated carbocycles. The molecule has 0 aromatic carbocycles. The van der Waals surface area contributed by atoms with E-state index in [1.54, 1.807) is 5.32 Å². The number of carbonyl (C=O) groups is 2. The van der Waals surface area contributed by atoms with Gasteiger partial charge in [-0.05, 0) is 0 Å². The summed E-state index contributed by atoms with van der Waals surface area (Å²) in [6.07, 6.45) is -14.4. The van der Waals surface area contributed by atoms with E-state index in [1.165, 1.54) is 0 Å². The maximum atomic E-state index is 11.7. The van der Waals surface area contributed by atoms with Gasteiger partial charge in [-0.2, -0.15) is 0 Å². The SMILES string of the molecule is O=C[C@@H](NC(=O)[C@H](O)[C@H](O)[C@H](O)[C@H](O)CO)[C@@H](O)[C@@H](O)[C@@H](O)CO. The van der Waals surface area contributed by atoms with Crippen molar-refractivity contribution in [3.8, 4) is 0 Å². The zero-order valence-electron chi connectivity index (χ0n) is 12.5. The van der Waals surface area contributed by atoms with E-state index in [2.05, 4.69) is 0 Å². The average molecular weight is 357 g/mol. The van der Waals surface area contributed by atoms with Crippen LogP contribution in [0.25, 0.3) is 0 Å². The number of hydrogen-bond acceptors (Lipinski definition) is 11. The smallest absolute Gasteiger partial charge is 0.252 e. The lowest BCUT2D eigenvalue weighted by molar-refractivity contribution is -0.152. The zero-order chi connectivity index (χ0) is 19.0. The topological polar surface area (TPSA) is 228 Å². The number of aliphatic hydroxyl groups is 9. The second-order valence-corrected chi connectivity index (χ2v) is 5.08. The van der Waals surface area contributed by atoms with Crippen molar-refractivity contribution in [2.24, 2.45) is 0 Å². The van der Waals surface area contributed by atoms with E-state index in [4.69, 9.17) is 15.3 Å². The van der Waals surface area contributed by atoms with Crippen LogP contribution in [0.1, 0.15) is 0 Å².